The van der Waals surface area contributed by atoms with Crippen molar-refractivity contribution in [2.75, 3.05) is 13.1 Å². The zero-order chi connectivity index (χ0) is 11.8. The molecule has 0 aromatic rings. The Labute approximate surface area is 104 Å². The van der Waals surface area contributed by atoms with Crippen molar-refractivity contribution in [2.24, 2.45) is 23.5 Å². The van der Waals surface area contributed by atoms with Crippen molar-refractivity contribution in [3.63, 3.8) is 0 Å². The van der Waals surface area contributed by atoms with Gasteiger partial charge in [-0.1, -0.05) is 19.3 Å². The van der Waals surface area contributed by atoms with Crippen LogP contribution in [0.1, 0.15) is 44.9 Å². The molecule has 0 radical (unpaired) electrons. The molecule has 17 heavy (non-hydrogen) atoms. The van der Waals surface area contributed by atoms with Crippen molar-refractivity contribution in [1.82, 2.24) is 4.90 Å². The van der Waals surface area contributed by atoms with Gasteiger partial charge < -0.3 is 10.6 Å². The summed E-state index contributed by atoms with van der Waals surface area (Å²) in [6.45, 7) is 1.39. The molecule has 0 aliphatic heterocycles. The summed E-state index contributed by atoms with van der Waals surface area (Å²) in [7, 11) is 0. The van der Waals surface area contributed by atoms with Gasteiger partial charge in [0.25, 0.3) is 0 Å². The number of carbonyl (C=O) groups is 1. The molecule has 0 aromatic heterocycles. The first kappa shape index (κ1) is 11.5. The minimum Gasteiger partial charge on any atom is -0.338 e. The molecule has 3 aliphatic rings. The van der Waals surface area contributed by atoms with Crippen LogP contribution in [0.2, 0.25) is 0 Å². The van der Waals surface area contributed by atoms with Gasteiger partial charge in [0, 0.05) is 25.0 Å². The van der Waals surface area contributed by atoms with Gasteiger partial charge in [-0.3, -0.25) is 4.79 Å². The van der Waals surface area contributed by atoms with Crippen molar-refractivity contribution < 1.29 is 4.79 Å². The predicted molar refractivity (Wildman–Crippen MR) is 67.3 cm³/mol. The molecule has 2 N–H and O–H groups in total. The number of nitrogens with two attached hydrogens (primary N) is 1. The van der Waals surface area contributed by atoms with Crippen LogP contribution in [0.15, 0.2) is 0 Å². The fourth-order valence-electron chi connectivity index (χ4n) is 4.21. The van der Waals surface area contributed by atoms with Crippen LogP contribution in [0.25, 0.3) is 0 Å². The molecule has 3 rings (SSSR count). The fraction of sp³-hybridized carbons (Fsp3) is 0.929. The lowest BCUT2D eigenvalue weighted by Crippen LogP contribution is -2.43. The summed E-state index contributed by atoms with van der Waals surface area (Å²) in [6, 6.07) is 0.507. The molecule has 0 bridgehead atoms. The Kier molecular flexibility index (Phi) is 3.12. The maximum atomic E-state index is 12.6. The number of hydrogen-bond acceptors (Lipinski definition) is 2. The zero-order valence-electron chi connectivity index (χ0n) is 10.6. The number of fused-ring (bicyclic) bond motifs is 1. The van der Waals surface area contributed by atoms with Gasteiger partial charge in [0.15, 0.2) is 0 Å². The normalized spacial score (nSPS) is 35.9. The highest BCUT2D eigenvalue weighted by atomic mass is 16.2. The molecule has 2 atom stereocenters. The van der Waals surface area contributed by atoms with E-state index in [1.54, 1.807) is 0 Å². The van der Waals surface area contributed by atoms with E-state index in [0.29, 0.717) is 24.4 Å². The van der Waals surface area contributed by atoms with Gasteiger partial charge in [-0.25, -0.2) is 0 Å². The van der Waals surface area contributed by atoms with Gasteiger partial charge in [0.05, 0.1) is 0 Å². The first-order valence-electron chi connectivity index (χ1n) is 7.33. The second-order valence-electron chi connectivity index (χ2n) is 6.04. The summed E-state index contributed by atoms with van der Waals surface area (Å²) in [5.74, 6) is 2.31. The number of rotatable bonds is 4. The van der Waals surface area contributed by atoms with Crippen molar-refractivity contribution in [2.45, 2.75) is 51.0 Å². The van der Waals surface area contributed by atoms with Gasteiger partial charge >= 0.3 is 0 Å². The van der Waals surface area contributed by atoms with E-state index in [4.69, 9.17) is 5.73 Å². The third-order valence-electron chi connectivity index (χ3n) is 5.11. The Morgan fingerprint density at radius 3 is 2.29 bits per heavy atom. The van der Waals surface area contributed by atoms with Crippen molar-refractivity contribution >= 4 is 5.91 Å². The van der Waals surface area contributed by atoms with E-state index in [1.165, 1.54) is 44.9 Å². The van der Waals surface area contributed by atoms with E-state index in [-0.39, 0.29) is 0 Å². The molecule has 0 heterocycles. The van der Waals surface area contributed by atoms with Crippen LogP contribution < -0.4 is 5.73 Å². The van der Waals surface area contributed by atoms with Gasteiger partial charge in [-0.2, -0.15) is 0 Å². The van der Waals surface area contributed by atoms with E-state index < -0.39 is 0 Å². The molecular weight excluding hydrogens is 212 g/mol. The molecule has 96 valence electrons. The number of amides is 1. The lowest BCUT2D eigenvalue weighted by atomic mass is 10.1. The number of hydrogen-bond donors (Lipinski definition) is 1. The maximum absolute atomic E-state index is 12.6. The zero-order valence-corrected chi connectivity index (χ0v) is 10.6. The smallest absolute Gasteiger partial charge is 0.226 e. The van der Waals surface area contributed by atoms with E-state index in [2.05, 4.69) is 4.90 Å². The highest BCUT2D eigenvalue weighted by Gasteiger charge is 2.57. The van der Waals surface area contributed by atoms with E-state index in [9.17, 15) is 4.79 Å². The second kappa shape index (κ2) is 4.60. The molecule has 3 aliphatic carbocycles. The van der Waals surface area contributed by atoms with Crippen molar-refractivity contribution in [3.05, 3.63) is 0 Å². The second-order valence-corrected chi connectivity index (χ2v) is 6.04. The van der Waals surface area contributed by atoms with Crippen molar-refractivity contribution in [3.8, 4) is 0 Å². The molecule has 1 amide bonds. The van der Waals surface area contributed by atoms with E-state index in [0.717, 1.165) is 18.4 Å². The van der Waals surface area contributed by atoms with Crippen LogP contribution in [0.5, 0.6) is 0 Å². The average molecular weight is 236 g/mol. The van der Waals surface area contributed by atoms with Crippen LogP contribution >= 0.6 is 0 Å². The molecular formula is C14H24N2O. The standard InChI is InChI=1S/C14H24N2O/c15-8-9-16(10-4-1-2-5-10)14(17)13-11-6-3-7-12(11)13/h10-13H,1-9,15H2. The third kappa shape index (κ3) is 1.99. The highest BCUT2D eigenvalue weighted by molar-refractivity contribution is 5.83. The first-order valence-corrected chi connectivity index (χ1v) is 7.33. The average Bonchev–Trinajstić information content (AvgIpc) is 2.82. The van der Waals surface area contributed by atoms with Gasteiger partial charge in [-0.15, -0.1) is 0 Å². The molecule has 3 saturated carbocycles. The summed E-state index contributed by atoms with van der Waals surface area (Å²) < 4.78 is 0. The van der Waals surface area contributed by atoms with E-state index in [1.807, 2.05) is 0 Å². The molecule has 3 fully saturated rings. The maximum Gasteiger partial charge on any atom is 0.226 e. The molecule has 0 aromatic carbocycles. The van der Waals surface area contributed by atoms with Crippen LogP contribution in [0, 0.1) is 17.8 Å². The minimum absolute atomic E-state index is 0.385. The summed E-state index contributed by atoms with van der Waals surface area (Å²) in [5, 5.41) is 0. The van der Waals surface area contributed by atoms with E-state index >= 15 is 0 Å². The van der Waals surface area contributed by atoms with Gasteiger partial charge in [0.1, 0.15) is 0 Å². The Morgan fingerprint density at radius 2 is 1.71 bits per heavy atom. The number of nitrogens with zero attached hydrogens (tertiary/aromatic N) is 1. The summed E-state index contributed by atoms with van der Waals surface area (Å²) >= 11 is 0. The quantitative estimate of drug-likeness (QED) is 0.808. The van der Waals surface area contributed by atoms with Crippen LogP contribution in [-0.4, -0.2) is 29.9 Å². The largest absolute Gasteiger partial charge is 0.338 e. The molecule has 2 unspecified atom stereocenters. The Balaban J connectivity index is 1.64. The Morgan fingerprint density at radius 1 is 1.06 bits per heavy atom. The minimum atomic E-state index is 0.385. The predicted octanol–water partition coefficient (Wildman–Crippen LogP) is 1.76. The van der Waals surface area contributed by atoms with Crippen LogP contribution in [-0.2, 0) is 4.79 Å². The Bertz CT molecular complexity index is 289. The fourth-order valence-corrected chi connectivity index (χ4v) is 4.21. The van der Waals surface area contributed by atoms with Gasteiger partial charge in [-0.05, 0) is 37.5 Å². The van der Waals surface area contributed by atoms with Crippen LogP contribution in [0.3, 0.4) is 0 Å². The first-order chi connectivity index (χ1) is 8.33. The SMILES string of the molecule is NCCN(C(=O)C1C2CCCC21)C1CCCC1. The molecule has 0 spiro atoms. The van der Waals surface area contributed by atoms with Crippen molar-refractivity contribution in [1.29, 1.82) is 0 Å². The molecule has 3 heteroatoms. The molecule has 3 nitrogen and oxygen atoms in total. The Hall–Kier alpha value is -0.570. The molecule has 0 saturated heterocycles. The van der Waals surface area contributed by atoms with Gasteiger partial charge in [0.2, 0.25) is 5.91 Å². The topological polar surface area (TPSA) is 46.3 Å². The number of carbonyl (C=O) groups excluding carboxylic acids is 1. The summed E-state index contributed by atoms with van der Waals surface area (Å²) in [4.78, 5) is 14.7. The lowest BCUT2D eigenvalue weighted by molar-refractivity contribution is -0.135. The third-order valence-corrected chi connectivity index (χ3v) is 5.11. The monoisotopic (exact) mass is 236 g/mol. The summed E-state index contributed by atoms with van der Waals surface area (Å²) in [6.07, 6.45) is 8.92. The van der Waals surface area contributed by atoms with Crippen LogP contribution in [0.4, 0.5) is 0 Å². The highest BCUT2D eigenvalue weighted by Crippen LogP contribution is 2.58. The summed E-state index contributed by atoms with van der Waals surface area (Å²) in [5.41, 5.74) is 5.68. The lowest BCUT2D eigenvalue weighted by Gasteiger charge is -2.29.